The van der Waals surface area contributed by atoms with Crippen LogP contribution < -0.4 is 0 Å². The lowest BCUT2D eigenvalue weighted by Gasteiger charge is -2.11. The van der Waals surface area contributed by atoms with E-state index in [9.17, 15) is 31.9 Å². The molecule has 0 aliphatic heterocycles. The number of benzene rings is 2. The van der Waals surface area contributed by atoms with Gasteiger partial charge in [0.15, 0.2) is 17.5 Å². The van der Waals surface area contributed by atoms with Gasteiger partial charge in [0.25, 0.3) is 0 Å². The van der Waals surface area contributed by atoms with Crippen molar-refractivity contribution < 1.29 is 36.6 Å². The number of ether oxygens (including phenoxy) is 1. The monoisotopic (exact) mass is 413 g/mol. The lowest BCUT2D eigenvalue weighted by molar-refractivity contribution is -0.137. The Hall–Kier alpha value is -3.23. The number of aliphatic hydroxyl groups is 1. The molecule has 9 heteroatoms. The number of hydrogen-bond donors (Lipinski definition) is 1. The quantitative estimate of drug-likeness (QED) is 0.177. The van der Waals surface area contributed by atoms with E-state index in [0.717, 1.165) is 12.1 Å². The van der Waals surface area contributed by atoms with Gasteiger partial charge in [-0.05, 0) is 31.5 Å². The van der Waals surface area contributed by atoms with Gasteiger partial charge in [-0.15, -0.1) is 0 Å². The fourth-order valence-electron chi connectivity index (χ4n) is 2.42. The third-order valence-corrected chi connectivity index (χ3v) is 3.85. The van der Waals surface area contributed by atoms with Crippen LogP contribution in [-0.2, 0) is 16.0 Å². The molecule has 0 atom stereocenters. The van der Waals surface area contributed by atoms with E-state index in [1.807, 2.05) is 0 Å². The van der Waals surface area contributed by atoms with Crippen molar-refractivity contribution in [2.75, 3.05) is 6.61 Å². The van der Waals surface area contributed by atoms with E-state index in [1.54, 1.807) is 0 Å². The van der Waals surface area contributed by atoms with E-state index in [-0.39, 0.29) is 18.7 Å². The number of aliphatic hydroxyl groups excluding tert-OH is 1. The van der Waals surface area contributed by atoms with E-state index < -0.39 is 57.5 Å². The molecule has 4 nitrogen and oxygen atoms in total. The summed E-state index contributed by atoms with van der Waals surface area (Å²) < 4.78 is 73.6. The maximum atomic E-state index is 14.5. The average molecular weight is 413 g/mol. The van der Waals surface area contributed by atoms with Crippen LogP contribution in [0.2, 0.25) is 0 Å². The Bertz CT molecular complexity index is 1000. The molecule has 0 aliphatic carbocycles. The Labute approximate surface area is 163 Å². The second kappa shape index (κ2) is 9.31. The summed E-state index contributed by atoms with van der Waals surface area (Å²) in [7, 11) is 0. The van der Waals surface area contributed by atoms with Crippen molar-refractivity contribution in [3.8, 4) is 0 Å². The van der Waals surface area contributed by atoms with Gasteiger partial charge in [0.1, 0.15) is 23.0 Å². The largest absolute Gasteiger partial charge is 0.506 e. The summed E-state index contributed by atoms with van der Waals surface area (Å²) in [6, 6.07) is 2.80. The summed E-state index contributed by atoms with van der Waals surface area (Å²) in [5.74, 6) is -8.29. The van der Waals surface area contributed by atoms with Gasteiger partial charge in [-0.2, -0.15) is 0 Å². The third-order valence-electron chi connectivity index (χ3n) is 3.85. The predicted molar refractivity (Wildman–Crippen MR) is 96.4 cm³/mol. The van der Waals surface area contributed by atoms with Crippen LogP contribution in [0.3, 0.4) is 0 Å². The number of aliphatic imine (C=N–C) groups is 1. The van der Waals surface area contributed by atoms with Crippen LogP contribution in [0, 0.1) is 29.1 Å². The van der Waals surface area contributed by atoms with Crippen LogP contribution >= 0.6 is 0 Å². The number of hydrogen-bond acceptors (Lipinski definition) is 4. The molecule has 0 spiro atoms. The number of carbonyl (C=O) groups is 1. The minimum Gasteiger partial charge on any atom is -0.506 e. The number of carbonyl (C=O) groups excluding carboxylic acids is 1. The summed E-state index contributed by atoms with van der Waals surface area (Å²) in [5.41, 5.74) is -2.55. The molecule has 0 fully saturated rings. The molecule has 0 saturated carbocycles. The van der Waals surface area contributed by atoms with Gasteiger partial charge in [0.2, 0.25) is 0 Å². The highest BCUT2D eigenvalue weighted by atomic mass is 19.2. The first-order valence-electron chi connectivity index (χ1n) is 8.47. The molecule has 154 valence electrons. The van der Waals surface area contributed by atoms with Gasteiger partial charge in [-0.3, -0.25) is 4.99 Å². The van der Waals surface area contributed by atoms with Crippen molar-refractivity contribution in [1.82, 2.24) is 0 Å². The van der Waals surface area contributed by atoms with Gasteiger partial charge in [-0.25, -0.2) is 26.7 Å². The SMILES string of the molecule is CCOC(=O)/C(C=Nc1ccc(F)cc1F)=C(/O)c1cc(F)c(F)c(CC)c1F. The molecule has 0 heterocycles. The van der Waals surface area contributed by atoms with E-state index in [1.165, 1.54) is 13.8 Å². The van der Waals surface area contributed by atoms with Crippen molar-refractivity contribution in [1.29, 1.82) is 0 Å². The molecule has 0 aliphatic rings. The molecule has 0 saturated heterocycles. The Morgan fingerprint density at radius 1 is 1.07 bits per heavy atom. The standard InChI is InChI=1S/C20H16F5NO3/c1-3-11-17(24)12(8-15(23)18(11)25)19(27)13(20(28)29-4-2)9-26-16-6-5-10(21)7-14(16)22/h5-9,27H,3-4H2,1-2H3/b19-13+,26-9?. The van der Waals surface area contributed by atoms with Gasteiger partial charge in [-0.1, -0.05) is 6.92 Å². The molecule has 0 amide bonds. The number of nitrogens with zero attached hydrogens (tertiary/aromatic N) is 1. The molecule has 0 unspecified atom stereocenters. The second-order valence-corrected chi connectivity index (χ2v) is 5.70. The van der Waals surface area contributed by atoms with Gasteiger partial charge in [0.05, 0.1) is 17.9 Å². The van der Waals surface area contributed by atoms with E-state index in [2.05, 4.69) is 4.99 Å². The molecule has 0 radical (unpaired) electrons. The minimum atomic E-state index is -1.44. The fourth-order valence-corrected chi connectivity index (χ4v) is 2.42. The maximum absolute atomic E-state index is 14.5. The molecule has 2 aromatic carbocycles. The minimum absolute atomic E-state index is 0.130. The van der Waals surface area contributed by atoms with Crippen molar-refractivity contribution in [2.45, 2.75) is 20.3 Å². The Balaban J connectivity index is 2.65. The van der Waals surface area contributed by atoms with Crippen LogP contribution in [-0.4, -0.2) is 23.9 Å². The lowest BCUT2D eigenvalue weighted by Crippen LogP contribution is -2.13. The zero-order valence-electron chi connectivity index (χ0n) is 15.4. The van der Waals surface area contributed by atoms with Crippen LogP contribution in [0.1, 0.15) is 25.0 Å². The first-order chi connectivity index (χ1) is 13.7. The smallest absolute Gasteiger partial charge is 0.343 e. The van der Waals surface area contributed by atoms with Gasteiger partial charge in [0, 0.05) is 17.8 Å². The first-order valence-corrected chi connectivity index (χ1v) is 8.47. The molecule has 2 aromatic rings. The molecular weight excluding hydrogens is 397 g/mol. The van der Waals surface area contributed by atoms with Crippen molar-refractivity contribution in [3.05, 3.63) is 70.1 Å². The van der Waals surface area contributed by atoms with Crippen LogP contribution in [0.25, 0.3) is 5.76 Å². The fraction of sp³-hybridized carbons (Fsp3) is 0.200. The van der Waals surface area contributed by atoms with Gasteiger partial charge < -0.3 is 9.84 Å². The zero-order valence-corrected chi connectivity index (χ0v) is 15.4. The van der Waals surface area contributed by atoms with Crippen molar-refractivity contribution >= 4 is 23.6 Å². The first kappa shape index (κ1) is 22.1. The summed E-state index contributed by atoms with van der Waals surface area (Å²) in [6.45, 7) is 2.70. The molecule has 0 bridgehead atoms. The van der Waals surface area contributed by atoms with E-state index >= 15 is 0 Å². The number of rotatable bonds is 6. The molecule has 2 rings (SSSR count). The van der Waals surface area contributed by atoms with Crippen molar-refractivity contribution in [3.63, 3.8) is 0 Å². The number of esters is 1. The van der Waals surface area contributed by atoms with Crippen LogP contribution in [0.15, 0.2) is 34.8 Å². The highest BCUT2D eigenvalue weighted by Gasteiger charge is 2.24. The predicted octanol–water partition coefficient (Wildman–Crippen LogP) is 5.18. The number of halogens is 5. The second-order valence-electron chi connectivity index (χ2n) is 5.70. The third kappa shape index (κ3) is 4.79. The molecular formula is C20H16F5NO3. The molecule has 1 N–H and O–H groups in total. The van der Waals surface area contributed by atoms with Crippen LogP contribution in [0.4, 0.5) is 27.6 Å². The summed E-state index contributed by atoms with van der Waals surface area (Å²) in [6.07, 6.45) is 0.440. The Kier molecular flexibility index (Phi) is 7.08. The Morgan fingerprint density at radius 3 is 2.34 bits per heavy atom. The molecule has 29 heavy (non-hydrogen) atoms. The van der Waals surface area contributed by atoms with Gasteiger partial charge >= 0.3 is 5.97 Å². The Morgan fingerprint density at radius 2 is 1.76 bits per heavy atom. The van der Waals surface area contributed by atoms with E-state index in [0.29, 0.717) is 18.3 Å². The highest BCUT2D eigenvalue weighted by Crippen LogP contribution is 2.27. The summed E-state index contributed by atoms with van der Waals surface area (Å²) >= 11 is 0. The molecule has 0 aromatic heterocycles. The van der Waals surface area contributed by atoms with Crippen LogP contribution in [0.5, 0.6) is 0 Å². The normalized spacial score (nSPS) is 12.2. The van der Waals surface area contributed by atoms with Crippen molar-refractivity contribution in [2.24, 2.45) is 4.99 Å². The summed E-state index contributed by atoms with van der Waals surface area (Å²) in [5, 5.41) is 10.4. The summed E-state index contributed by atoms with van der Waals surface area (Å²) in [4.78, 5) is 15.8. The topological polar surface area (TPSA) is 58.9 Å². The lowest BCUT2D eigenvalue weighted by atomic mass is 10.0. The van der Waals surface area contributed by atoms with E-state index in [4.69, 9.17) is 4.74 Å². The highest BCUT2D eigenvalue weighted by molar-refractivity contribution is 6.15. The maximum Gasteiger partial charge on any atom is 0.343 e. The zero-order chi connectivity index (χ0) is 21.7. The average Bonchev–Trinajstić information content (AvgIpc) is 2.67.